The lowest BCUT2D eigenvalue weighted by molar-refractivity contribution is -0.142. The Balaban J connectivity index is 1.75. The van der Waals surface area contributed by atoms with Gasteiger partial charge in [0.05, 0.1) is 5.92 Å². The number of carboxylic acid groups (broad SMARTS) is 1. The number of carboxylic acids is 1. The van der Waals surface area contributed by atoms with E-state index in [1.54, 1.807) is 12.1 Å². The van der Waals surface area contributed by atoms with Crippen LogP contribution in [0.5, 0.6) is 5.75 Å². The van der Waals surface area contributed by atoms with E-state index in [0.717, 1.165) is 37.8 Å². The number of rotatable bonds is 4. The topological polar surface area (TPSA) is 69.6 Å². The Labute approximate surface area is 107 Å². The number of aromatic hydroxyl groups is 1. The first-order valence-corrected chi connectivity index (χ1v) is 6.39. The Bertz CT molecular complexity index is 394. The van der Waals surface area contributed by atoms with Crippen LogP contribution in [0.1, 0.15) is 31.2 Å². The van der Waals surface area contributed by atoms with Crippen LogP contribution in [0.2, 0.25) is 0 Å². The molecule has 0 amide bonds. The molecule has 0 saturated heterocycles. The van der Waals surface area contributed by atoms with E-state index in [1.165, 1.54) is 0 Å². The Morgan fingerprint density at radius 3 is 2.33 bits per heavy atom. The van der Waals surface area contributed by atoms with Crippen molar-refractivity contribution in [3.63, 3.8) is 0 Å². The van der Waals surface area contributed by atoms with Crippen LogP contribution in [-0.2, 0) is 11.3 Å². The van der Waals surface area contributed by atoms with Crippen LogP contribution < -0.4 is 5.32 Å². The zero-order chi connectivity index (χ0) is 13.0. The Kier molecular flexibility index (Phi) is 4.20. The molecule has 1 aromatic carbocycles. The summed E-state index contributed by atoms with van der Waals surface area (Å²) in [6, 6.07) is 7.56. The standard InChI is InChI=1S/C14H19NO3/c16-13-7-1-10(2-8-13)9-15-12-5-3-11(4-6-12)14(17)18/h1-2,7-8,11-12,15-16H,3-6,9H2,(H,17,18). The first kappa shape index (κ1) is 12.9. The van der Waals surface area contributed by atoms with Gasteiger partial charge in [0.1, 0.15) is 5.75 Å². The van der Waals surface area contributed by atoms with Crippen LogP contribution in [-0.4, -0.2) is 22.2 Å². The number of hydrogen-bond donors (Lipinski definition) is 3. The molecule has 0 spiro atoms. The summed E-state index contributed by atoms with van der Waals surface area (Å²) in [4.78, 5) is 10.8. The lowest BCUT2D eigenvalue weighted by Gasteiger charge is -2.27. The molecule has 18 heavy (non-hydrogen) atoms. The number of phenolic OH excluding ortho intramolecular Hbond substituents is 1. The fourth-order valence-corrected chi connectivity index (χ4v) is 2.42. The predicted molar refractivity (Wildman–Crippen MR) is 68.3 cm³/mol. The number of nitrogens with one attached hydrogen (secondary N) is 1. The van der Waals surface area contributed by atoms with Crippen LogP contribution in [0.25, 0.3) is 0 Å². The summed E-state index contributed by atoms with van der Waals surface area (Å²) >= 11 is 0. The molecule has 98 valence electrons. The van der Waals surface area contributed by atoms with Gasteiger partial charge in [-0.15, -0.1) is 0 Å². The zero-order valence-electron chi connectivity index (χ0n) is 10.3. The van der Waals surface area contributed by atoms with E-state index in [0.29, 0.717) is 6.04 Å². The maximum atomic E-state index is 10.8. The second-order valence-electron chi connectivity index (χ2n) is 4.93. The molecule has 2 rings (SSSR count). The lowest BCUT2D eigenvalue weighted by Crippen LogP contribution is -2.34. The first-order valence-electron chi connectivity index (χ1n) is 6.39. The first-order chi connectivity index (χ1) is 8.65. The predicted octanol–water partition coefficient (Wildman–Crippen LogP) is 2.13. The molecule has 0 unspecified atom stereocenters. The molecule has 0 heterocycles. The molecule has 0 radical (unpaired) electrons. The molecule has 1 aliphatic carbocycles. The third-order valence-corrected chi connectivity index (χ3v) is 3.61. The Hall–Kier alpha value is -1.55. The van der Waals surface area contributed by atoms with Crippen molar-refractivity contribution in [3.8, 4) is 5.75 Å². The average Bonchev–Trinajstić information content (AvgIpc) is 2.38. The maximum Gasteiger partial charge on any atom is 0.306 e. The SMILES string of the molecule is O=C(O)C1CCC(NCc2ccc(O)cc2)CC1. The fraction of sp³-hybridized carbons (Fsp3) is 0.500. The number of hydrogen-bond acceptors (Lipinski definition) is 3. The fourth-order valence-electron chi connectivity index (χ4n) is 2.42. The van der Waals surface area contributed by atoms with E-state index in [1.807, 2.05) is 12.1 Å². The summed E-state index contributed by atoms with van der Waals surface area (Å²) in [7, 11) is 0. The van der Waals surface area contributed by atoms with Crippen LogP contribution in [0.15, 0.2) is 24.3 Å². The van der Waals surface area contributed by atoms with Crippen molar-refractivity contribution in [2.45, 2.75) is 38.3 Å². The van der Waals surface area contributed by atoms with Gasteiger partial charge in [0.15, 0.2) is 0 Å². The summed E-state index contributed by atoms with van der Waals surface area (Å²) in [5.74, 6) is -0.538. The molecule has 1 aliphatic rings. The van der Waals surface area contributed by atoms with Crippen molar-refractivity contribution < 1.29 is 15.0 Å². The normalized spacial score (nSPS) is 23.8. The minimum atomic E-state index is -0.660. The van der Waals surface area contributed by atoms with Crippen molar-refractivity contribution in [2.75, 3.05) is 0 Å². The van der Waals surface area contributed by atoms with Gasteiger partial charge in [0, 0.05) is 12.6 Å². The van der Waals surface area contributed by atoms with Crippen LogP contribution in [0, 0.1) is 5.92 Å². The van der Waals surface area contributed by atoms with Crippen molar-refractivity contribution >= 4 is 5.97 Å². The van der Waals surface area contributed by atoms with E-state index in [4.69, 9.17) is 5.11 Å². The molecule has 0 bridgehead atoms. The average molecular weight is 249 g/mol. The van der Waals surface area contributed by atoms with Crippen molar-refractivity contribution in [2.24, 2.45) is 5.92 Å². The van der Waals surface area contributed by atoms with Gasteiger partial charge in [-0.25, -0.2) is 0 Å². The highest BCUT2D eigenvalue weighted by molar-refractivity contribution is 5.70. The maximum absolute atomic E-state index is 10.8. The monoisotopic (exact) mass is 249 g/mol. The molecule has 0 aliphatic heterocycles. The van der Waals surface area contributed by atoms with Gasteiger partial charge in [0.25, 0.3) is 0 Å². The summed E-state index contributed by atoms with van der Waals surface area (Å²) < 4.78 is 0. The quantitative estimate of drug-likeness (QED) is 0.764. The third-order valence-electron chi connectivity index (χ3n) is 3.61. The molecule has 0 atom stereocenters. The highest BCUT2D eigenvalue weighted by Gasteiger charge is 2.25. The van der Waals surface area contributed by atoms with Crippen molar-refractivity contribution in [3.05, 3.63) is 29.8 Å². The van der Waals surface area contributed by atoms with E-state index >= 15 is 0 Å². The minimum Gasteiger partial charge on any atom is -0.508 e. The van der Waals surface area contributed by atoms with Gasteiger partial charge in [-0.3, -0.25) is 4.79 Å². The molecule has 4 nitrogen and oxygen atoms in total. The summed E-state index contributed by atoms with van der Waals surface area (Å²) in [6.07, 6.45) is 3.38. The third kappa shape index (κ3) is 3.47. The smallest absolute Gasteiger partial charge is 0.306 e. The molecule has 4 heteroatoms. The van der Waals surface area contributed by atoms with Gasteiger partial charge >= 0.3 is 5.97 Å². The minimum absolute atomic E-state index is 0.156. The highest BCUT2D eigenvalue weighted by Crippen LogP contribution is 2.24. The van der Waals surface area contributed by atoms with E-state index in [9.17, 15) is 9.90 Å². The van der Waals surface area contributed by atoms with E-state index in [-0.39, 0.29) is 11.7 Å². The van der Waals surface area contributed by atoms with Gasteiger partial charge in [-0.1, -0.05) is 12.1 Å². The molecule has 1 saturated carbocycles. The largest absolute Gasteiger partial charge is 0.508 e. The number of carbonyl (C=O) groups is 1. The lowest BCUT2D eigenvalue weighted by atomic mass is 9.86. The summed E-state index contributed by atoms with van der Waals surface area (Å²) in [5.41, 5.74) is 1.13. The Morgan fingerprint density at radius 2 is 1.78 bits per heavy atom. The zero-order valence-corrected chi connectivity index (χ0v) is 10.3. The molecule has 0 aromatic heterocycles. The van der Waals surface area contributed by atoms with Crippen molar-refractivity contribution in [1.29, 1.82) is 0 Å². The Morgan fingerprint density at radius 1 is 1.17 bits per heavy atom. The molecule has 3 N–H and O–H groups in total. The van der Waals surface area contributed by atoms with Gasteiger partial charge < -0.3 is 15.5 Å². The molecule has 1 fully saturated rings. The van der Waals surface area contributed by atoms with Crippen LogP contribution >= 0.6 is 0 Å². The summed E-state index contributed by atoms with van der Waals surface area (Å²) in [6.45, 7) is 0.767. The highest BCUT2D eigenvalue weighted by atomic mass is 16.4. The number of phenols is 1. The number of benzene rings is 1. The van der Waals surface area contributed by atoms with Crippen molar-refractivity contribution in [1.82, 2.24) is 5.32 Å². The van der Waals surface area contributed by atoms with Gasteiger partial charge in [-0.2, -0.15) is 0 Å². The van der Waals surface area contributed by atoms with Crippen LogP contribution in [0.4, 0.5) is 0 Å². The second-order valence-corrected chi connectivity index (χ2v) is 4.93. The second kappa shape index (κ2) is 5.87. The number of aliphatic carboxylic acids is 1. The van der Waals surface area contributed by atoms with E-state index < -0.39 is 5.97 Å². The molecule has 1 aromatic rings. The molecular weight excluding hydrogens is 230 g/mol. The van der Waals surface area contributed by atoms with E-state index in [2.05, 4.69) is 5.32 Å². The van der Waals surface area contributed by atoms with Gasteiger partial charge in [0.2, 0.25) is 0 Å². The van der Waals surface area contributed by atoms with Crippen LogP contribution in [0.3, 0.4) is 0 Å². The van der Waals surface area contributed by atoms with Gasteiger partial charge in [-0.05, 0) is 43.4 Å². The summed E-state index contributed by atoms with van der Waals surface area (Å²) in [5, 5.41) is 21.5. The molecular formula is C14H19NO3.